The predicted molar refractivity (Wildman–Crippen MR) is 80.0 cm³/mol. The standard InChI is InChI=1S/C14H12BrN3O3/c1-8-5-13(18-20-8)16-14(19)12-7-11(17-21-12)9-3-2-4-10(15)6-9/h2-6,12H,7H2,1H3,(H,16,18,19)/t12-/m0/s1. The summed E-state index contributed by atoms with van der Waals surface area (Å²) in [5.41, 5.74) is 1.67. The predicted octanol–water partition coefficient (Wildman–Crippen LogP) is 2.88. The number of amides is 1. The van der Waals surface area contributed by atoms with Gasteiger partial charge >= 0.3 is 0 Å². The molecule has 2 heterocycles. The fraction of sp³-hybridized carbons (Fsp3) is 0.214. The van der Waals surface area contributed by atoms with Gasteiger partial charge in [0.15, 0.2) is 5.82 Å². The van der Waals surface area contributed by atoms with Gasteiger partial charge in [-0.15, -0.1) is 0 Å². The maximum atomic E-state index is 12.1. The minimum Gasteiger partial charge on any atom is -0.382 e. The molecule has 3 rings (SSSR count). The Morgan fingerprint density at radius 2 is 2.29 bits per heavy atom. The van der Waals surface area contributed by atoms with Crippen LogP contribution in [0.15, 0.2) is 44.5 Å². The second-order valence-corrected chi connectivity index (χ2v) is 5.57. The van der Waals surface area contributed by atoms with Crippen molar-refractivity contribution in [2.75, 3.05) is 5.32 Å². The Hall–Kier alpha value is -2.15. The first-order chi connectivity index (χ1) is 10.1. The lowest BCUT2D eigenvalue weighted by atomic mass is 10.0. The Morgan fingerprint density at radius 1 is 1.43 bits per heavy atom. The van der Waals surface area contributed by atoms with E-state index in [0.29, 0.717) is 18.0 Å². The number of hydrogen-bond donors (Lipinski definition) is 1. The van der Waals surface area contributed by atoms with Crippen molar-refractivity contribution in [3.05, 3.63) is 46.1 Å². The smallest absolute Gasteiger partial charge is 0.269 e. The number of anilines is 1. The topological polar surface area (TPSA) is 76.7 Å². The summed E-state index contributed by atoms with van der Waals surface area (Å²) in [6.45, 7) is 1.75. The molecule has 0 unspecified atom stereocenters. The minimum atomic E-state index is -0.656. The lowest BCUT2D eigenvalue weighted by molar-refractivity contribution is -0.125. The molecule has 21 heavy (non-hydrogen) atoms. The van der Waals surface area contributed by atoms with Crippen LogP contribution in [0.2, 0.25) is 0 Å². The van der Waals surface area contributed by atoms with E-state index in [1.807, 2.05) is 24.3 Å². The molecular formula is C14H12BrN3O3. The molecular weight excluding hydrogens is 338 g/mol. The number of aryl methyl sites for hydroxylation is 1. The molecule has 0 aliphatic carbocycles. The highest BCUT2D eigenvalue weighted by Crippen LogP contribution is 2.20. The van der Waals surface area contributed by atoms with Gasteiger partial charge in [-0.3, -0.25) is 4.79 Å². The highest BCUT2D eigenvalue weighted by atomic mass is 79.9. The van der Waals surface area contributed by atoms with Crippen LogP contribution in [0.25, 0.3) is 0 Å². The third-order valence-electron chi connectivity index (χ3n) is 3.00. The Balaban J connectivity index is 1.64. The van der Waals surface area contributed by atoms with Crippen LogP contribution < -0.4 is 5.32 Å². The largest absolute Gasteiger partial charge is 0.382 e. The van der Waals surface area contributed by atoms with Crippen molar-refractivity contribution in [2.24, 2.45) is 5.16 Å². The molecule has 1 atom stereocenters. The summed E-state index contributed by atoms with van der Waals surface area (Å²) in [6.07, 6.45) is -0.241. The third kappa shape index (κ3) is 3.13. The van der Waals surface area contributed by atoms with Crippen molar-refractivity contribution < 1.29 is 14.2 Å². The molecule has 1 aromatic carbocycles. The fourth-order valence-corrected chi connectivity index (χ4v) is 2.39. The van der Waals surface area contributed by atoms with Gasteiger partial charge in [0.1, 0.15) is 5.76 Å². The summed E-state index contributed by atoms with van der Waals surface area (Å²) in [4.78, 5) is 17.3. The quantitative estimate of drug-likeness (QED) is 0.924. The van der Waals surface area contributed by atoms with Crippen LogP contribution in [-0.4, -0.2) is 22.9 Å². The number of benzene rings is 1. The van der Waals surface area contributed by atoms with E-state index >= 15 is 0 Å². The molecule has 0 radical (unpaired) electrons. The van der Waals surface area contributed by atoms with Gasteiger partial charge in [0.05, 0.1) is 5.71 Å². The number of nitrogens with zero attached hydrogens (tertiary/aromatic N) is 2. The SMILES string of the molecule is Cc1cc(NC(=O)[C@@H]2CC(c3cccc(Br)c3)=NO2)no1. The second kappa shape index (κ2) is 5.69. The molecule has 0 bridgehead atoms. The summed E-state index contributed by atoms with van der Waals surface area (Å²) < 4.78 is 5.84. The van der Waals surface area contributed by atoms with Crippen LogP contribution in [0, 0.1) is 6.92 Å². The Kier molecular flexibility index (Phi) is 3.74. The number of rotatable bonds is 3. The number of aromatic nitrogens is 1. The maximum absolute atomic E-state index is 12.1. The first-order valence-electron chi connectivity index (χ1n) is 6.34. The van der Waals surface area contributed by atoms with Crippen molar-refractivity contribution in [2.45, 2.75) is 19.4 Å². The number of carbonyl (C=O) groups is 1. The van der Waals surface area contributed by atoms with E-state index in [9.17, 15) is 4.79 Å². The average molecular weight is 350 g/mol. The van der Waals surface area contributed by atoms with Gasteiger partial charge in [-0.1, -0.05) is 38.4 Å². The van der Waals surface area contributed by atoms with Crippen molar-refractivity contribution in [3.8, 4) is 0 Å². The lowest BCUT2D eigenvalue weighted by Crippen LogP contribution is -2.28. The van der Waals surface area contributed by atoms with Crippen molar-refractivity contribution in [1.82, 2.24) is 5.16 Å². The highest BCUT2D eigenvalue weighted by molar-refractivity contribution is 9.10. The third-order valence-corrected chi connectivity index (χ3v) is 3.49. The molecule has 7 heteroatoms. The summed E-state index contributed by atoms with van der Waals surface area (Å²) in [5, 5.41) is 10.3. The molecule has 2 aromatic rings. The van der Waals surface area contributed by atoms with Crippen LogP contribution in [0.4, 0.5) is 5.82 Å². The highest BCUT2D eigenvalue weighted by Gasteiger charge is 2.29. The lowest BCUT2D eigenvalue weighted by Gasteiger charge is -2.06. The van der Waals surface area contributed by atoms with E-state index < -0.39 is 6.10 Å². The molecule has 0 spiro atoms. The zero-order chi connectivity index (χ0) is 14.8. The molecule has 1 N–H and O–H groups in total. The van der Waals surface area contributed by atoms with Gasteiger partial charge < -0.3 is 14.7 Å². The Labute approximate surface area is 129 Å². The molecule has 1 aliphatic heterocycles. The summed E-state index contributed by atoms with van der Waals surface area (Å²) in [5.74, 6) is 0.706. The zero-order valence-corrected chi connectivity index (χ0v) is 12.8. The van der Waals surface area contributed by atoms with E-state index in [2.05, 4.69) is 31.6 Å². The summed E-state index contributed by atoms with van der Waals surface area (Å²) >= 11 is 3.41. The molecule has 1 aromatic heterocycles. The van der Waals surface area contributed by atoms with E-state index in [0.717, 1.165) is 15.7 Å². The van der Waals surface area contributed by atoms with Gasteiger partial charge in [-0.2, -0.15) is 0 Å². The van der Waals surface area contributed by atoms with Crippen LogP contribution in [-0.2, 0) is 9.63 Å². The first-order valence-corrected chi connectivity index (χ1v) is 7.14. The van der Waals surface area contributed by atoms with Gasteiger partial charge in [0, 0.05) is 22.5 Å². The van der Waals surface area contributed by atoms with E-state index in [1.165, 1.54) is 0 Å². The molecule has 0 fully saturated rings. The van der Waals surface area contributed by atoms with Gasteiger partial charge in [-0.05, 0) is 19.1 Å². The van der Waals surface area contributed by atoms with Crippen LogP contribution in [0.3, 0.4) is 0 Å². The normalized spacial score (nSPS) is 17.2. The summed E-state index contributed by atoms with van der Waals surface area (Å²) in [6, 6.07) is 9.34. The number of oxime groups is 1. The average Bonchev–Trinajstić information content (AvgIpc) is 3.08. The number of hydrogen-bond acceptors (Lipinski definition) is 5. The van der Waals surface area contributed by atoms with Crippen molar-refractivity contribution in [3.63, 3.8) is 0 Å². The van der Waals surface area contributed by atoms with Crippen LogP contribution >= 0.6 is 15.9 Å². The molecule has 1 amide bonds. The number of halogens is 1. The van der Waals surface area contributed by atoms with Crippen molar-refractivity contribution >= 4 is 33.4 Å². The molecule has 108 valence electrons. The first kappa shape index (κ1) is 13.8. The Bertz CT molecular complexity index is 711. The molecule has 6 nitrogen and oxygen atoms in total. The molecule has 1 aliphatic rings. The zero-order valence-electron chi connectivity index (χ0n) is 11.2. The van der Waals surface area contributed by atoms with E-state index in [1.54, 1.807) is 13.0 Å². The van der Waals surface area contributed by atoms with Gasteiger partial charge in [0.25, 0.3) is 5.91 Å². The van der Waals surface area contributed by atoms with Gasteiger partial charge in [0.2, 0.25) is 6.10 Å². The van der Waals surface area contributed by atoms with Crippen LogP contribution in [0.5, 0.6) is 0 Å². The number of nitrogens with one attached hydrogen (secondary N) is 1. The monoisotopic (exact) mass is 349 g/mol. The minimum absolute atomic E-state index is 0.294. The Morgan fingerprint density at radius 3 is 3.00 bits per heavy atom. The van der Waals surface area contributed by atoms with E-state index in [-0.39, 0.29) is 5.91 Å². The molecule has 0 saturated heterocycles. The van der Waals surface area contributed by atoms with E-state index in [4.69, 9.17) is 9.36 Å². The maximum Gasteiger partial charge on any atom is 0.269 e. The number of carbonyl (C=O) groups excluding carboxylic acids is 1. The van der Waals surface area contributed by atoms with Gasteiger partial charge in [-0.25, -0.2) is 0 Å². The van der Waals surface area contributed by atoms with Crippen LogP contribution in [0.1, 0.15) is 17.7 Å². The summed E-state index contributed by atoms with van der Waals surface area (Å²) in [7, 11) is 0. The second-order valence-electron chi connectivity index (χ2n) is 4.66. The molecule has 0 saturated carbocycles. The fourth-order valence-electron chi connectivity index (χ4n) is 1.99. The van der Waals surface area contributed by atoms with Crippen molar-refractivity contribution in [1.29, 1.82) is 0 Å².